The molecule has 0 saturated heterocycles. The fraction of sp³-hybridized carbons (Fsp3) is 0.333. The summed E-state index contributed by atoms with van der Waals surface area (Å²) in [6, 6.07) is 15.8. The van der Waals surface area contributed by atoms with Gasteiger partial charge in [-0.2, -0.15) is 0 Å². The molecule has 0 bridgehead atoms. The summed E-state index contributed by atoms with van der Waals surface area (Å²) in [5.74, 6) is 0.698. The Labute approximate surface area is 172 Å². The first-order valence-corrected chi connectivity index (χ1v) is 11.0. The van der Waals surface area contributed by atoms with Crippen molar-refractivity contribution in [3.8, 4) is 11.3 Å². The molecule has 2 aliphatic carbocycles. The molecule has 144 valence electrons. The molecule has 2 heteroatoms. The third kappa shape index (κ3) is 2.41. The van der Waals surface area contributed by atoms with Gasteiger partial charge in [0.05, 0.1) is 11.2 Å². The van der Waals surface area contributed by atoms with Crippen LogP contribution in [-0.2, 0) is 5.41 Å². The molecule has 0 amide bonds. The van der Waals surface area contributed by atoms with Crippen molar-refractivity contribution in [1.29, 1.82) is 0 Å². The van der Waals surface area contributed by atoms with Crippen LogP contribution >= 0.6 is 0 Å². The van der Waals surface area contributed by atoms with Crippen LogP contribution in [0.1, 0.15) is 68.6 Å². The van der Waals surface area contributed by atoms with Crippen LogP contribution in [0.2, 0.25) is 0 Å². The number of nitrogens with zero attached hydrogens (tertiary/aromatic N) is 2. The molecule has 1 fully saturated rings. The van der Waals surface area contributed by atoms with Gasteiger partial charge < -0.3 is 0 Å². The highest BCUT2D eigenvalue weighted by atomic mass is 14.7. The highest BCUT2D eigenvalue weighted by molar-refractivity contribution is 6.05. The predicted octanol–water partition coefficient (Wildman–Crippen LogP) is 7.14. The van der Waals surface area contributed by atoms with E-state index in [0.717, 1.165) is 11.2 Å². The van der Waals surface area contributed by atoms with Crippen molar-refractivity contribution >= 4 is 21.7 Å². The van der Waals surface area contributed by atoms with Crippen LogP contribution in [0.3, 0.4) is 0 Å². The zero-order chi connectivity index (χ0) is 19.6. The van der Waals surface area contributed by atoms with Crippen molar-refractivity contribution in [2.24, 2.45) is 0 Å². The molecule has 1 saturated carbocycles. The lowest BCUT2D eigenvalue weighted by atomic mass is 9.68. The summed E-state index contributed by atoms with van der Waals surface area (Å²) < 4.78 is 0. The standard InChI is InChI=1S/C27H26N2/c1-27(2)22-16-20(17-7-4-3-5-8-17)15-19-12-14-29-26(23(19)22)21-11-10-18-9-6-13-28-25(18)24(21)27/h6,9-17H,3-5,7-8H2,1-2H3. The van der Waals surface area contributed by atoms with Gasteiger partial charge in [0.15, 0.2) is 0 Å². The second-order valence-electron chi connectivity index (χ2n) is 9.35. The van der Waals surface area contributed by atoms with Gasteiger partial charge in [0.2, 0.25) is 0 Å². The van der Waals surface area contributed by atoms with Crippen molar-refractivity contribution in [2.75, 3.05) is 0 Å². The molecular formula is C27H26N2. The lowest BCUT2D eigenvalue weighted by molar-refractivity contribution is 0.443. The minimum Gasteiger partial charge on any atom is -0.256 e. The first-order valence-electron chi connectivity index (χ1n) is 11.0. The Hall–Kier alpha value is -2.74. The van der Waals surface area contributed by atoms with Gasteiger partial charge in [-0.05, 0) is 53.0 Å². The van der Waals surface area contributed by atoms with E-state index in [9.17, 15) is 0 Å². The van der Waals surface area contributed by atoms with Crippen LogP contribution in [0.25, 0.3) is 32.9 Å². The Kier molecular flexibility index (Phi) is 3.62. The van der Waals surface area contributed by atoms with E-state index in [2.05, 4.69) is 50.2 Å². The third-order valence-corrected chi connectivity index (χ3v) is 7.29. The quantitative estimate of drug-likeness (QED) is 0.352. The van der Waals surface area contributed by atoms with E-state index in [1.54, 1.807) is 0 Å². The van der Waals surface area contributed by atoms with Crippen LogP contribution in [0.15, 0.2) is 54.9 Å². The summed E-state index contributed by atoms with van der Waals surface area (Å²) in [7, 11) is 0. The second kappa shape index (κ2) is 6.13. The summed E-state index contributed by atoms with van der Waals surface area (Å²) in [5, 5.41) is 3.88. The summed E-state index contributed by atoms with van der Waals surface area (Å²) in [6.07, 6.45) is 10.7. The van der Waals surface area contributed by atoms with Gasteiger partial charge in [-0.3, -0.25) is 9.97 Å². The Morgan fingerprint density at radius 3 is 2.59 bits per heavy atom. The molecule has 2 nitrogen and oxygen atoms in total. The number of fused-ring (bicyclic) bond motifs is 4. The maximum absolute atomic E-state index is 4.87. The Morgan fingerprint density at radius 2 is 1.72 bits per heavy atom. The molecule has 0 aliphatic heterocycles. The normalized spacial score (nSPS) is 18.1. The predicted molar refractivity (Wildman–Crippen MR) is 120 cm³/mol. The first-order chi connectivity index (χ1) is 14.1. The van der Waals surface area contributed by atoms with Gasteiger partial charge in [-0.25, -0.2) is 0 Å². The fourth-order valence-corrected chi connectivity index (χ4v) is 5.82. The van der Waals surface area contributed by atoms with Crippen LogP contribution in [-0.4, -0.2) is 9.97 Å². The molecule has 0 N–H and O–H groups in total. The largest absolute Gasteiger partial charge is 0.256 e. The maximum atomic E-state index is 4.87. The Bertz CT molecular complexity index is 1260. The van der Waals surface area contributed by atoms with Crippen molar-refractivity contribution in [3.05, 3.63) is 71.5 Å². The number of benzene rings is 2. The number of aromatic nitrogens is 2. The Morgan fingerprint density at radius 1 is 0.862 bits per heavy atom. The van der Waals surface area contributed by atoms with E-state index in [0.29, 0.717) is 5.92 Å². The lowest BCUT2D eigenvalue weighted by Crippen LogP contribution is -2.25. The van der Waals surface area contributed by atoms with Crippen molar-refractivity contribution in [1.82, 2.24) is 9.97 Å². The SMILES string of the molecule is CC1(C)c2c(ccc3cccnc23)-c2nccc3cc(C4CCCCC4)cc1c23. The van der Waals surface area contributed by atoms with E-state index in [-0.39, 0.29) is 5.41 Å². The first kappa shape index (κ1) is 17.1. The topological polar surface area (TPSA) is 25.8 Å². The zero-order valence-electron chi connectivity index (χ0n) is 17.2. The molecular weight excluding hydrogens is 352 g/mol. The van der Waals surface area contributed by atoms with E-state index in [4.69, 9.17) is 9.97 Å². The molecule has 0 radical (unpaired) electrons. The molecule has 2 aliphatic rings. The van der Waals surface area contributed by atoms with E-state index >= 15 is 0 Å². The highest BCUT2D eigenvalue weighted by Crippen LogP contribution is 2.51. The summed E-state index contributed by atoms with van der Waals surface area (Å²) >= 11 is 0. The molecule has 0 unspecified atom stereocenters. The lowest BCUT2D eigenvalue weighted by Gasteiger charge is -2.36. The van der Waals surface area contributed by atoms with Gasteiger partial charge in [-0.15, -0.1) is 0 Å². The summed E-state index contributed by atoms with van der Waals surface area (Å²) in [5.41, 5.74) is 7.63. The fourth-order valence-electron chi connectivity index (χ4n) is 5.82. The smallest absolute Gasteiger partial charge is 0.0787 e. The summed E-state index contributed by atoms with van der Waals surface area (Å²) in [6.45, 7) is 4.74. The molecule has 4 aromatic rings. The van der Waals surface area contributed by atoms with Crippen LogP contribution in [0.5, 0.6) is 0 Å². The van der Waals surface area contributed by atoms with E-state index in [1.165, 1.54) is 70.5 Å². The minimum atomic E-state index is -0.109. The van der Waals surface area contributed by atoms with Gasteiger partial charge in [0.25, 0.3) is 0 Å². The van der Waals surface area contributed by atoms with E-state index in [1.807, 2.05) is 18.5 Å². The maximum Gasteiger partial charge on any atom is 0.0787 e. The van der Waals surface area contributed by atoms with Crippen LogP contribution in [0.4, 0.5) is 0 Å². The zero-order valence-corrected chi connectivity index (χ0v) is 17.2. The van der Waals surface area contributed by atoms with Gasteiger partial charge in [-0.1, -0.05) is 63.4 Å². The van der Waals surface area contributed by atoms with Crippen molar-refractivity contribution in [3.63, 3.8) is 0 Å². The number of hydrogen-bond donors (Lipinski definition) is 0. The highest BCUT2D eigenvalue weighted by Gasteiger charge is 2.36. The van der Waals surface area contributed by atoms with Crippen molar-refractivity contribution in [2.45, 2.75) is 57.3 Å². The Balaban J connectivity index is 1.70. The molecule has 2 aromatic carbocycles. The van der Waals surface area contributed by atoms with E-state index < -0.39 is 0 Å². The molecule has 0 spiro atoms. The third-order valence-electron chi connectivity index (χ3n) is 7.29. The van der Waals surface area contributed by atoms with Crippen LogP contribution < -0.4 is 0 Å². The number of rotatable bonds is 1. The number of hydrogen-bond acceptors (Lipinski definition) is 2. The monoisotopic (exact) mass is 378 g/mol. The average Bonchev–Trinajstić information content (AvgIpc) is 2.77. The summed E-state index contributed by atoms with van der Waals surface area (Å²) in [4.78, 5) is 9.68. The number of pyridine rings is 2. The molecule has 2 aromatic heterocycles. The van der Waals surface area contributed by atoms with Gasteiger partial charge in [0, 0.05) is 34.1 Å². The van der Waals surface area contributed by atoms with Gasteiger partial charge >= 0.3 is 0 Å². The second-order valence-corrected chi connectivity index (χ2v) is 9.35. The van der Waals surface area contributed by atoms with Crippen molar-refractivity contribution < 1.29 is 0 Å². The molecule has 6 rings (SSSR count). The molecule has 2 heterocycles. The average molecular weight is 379 g/mol. The molecule has 0 atom stereocenters. The van der Waals surface area contributed by atoms with Gasteiger partial charge in [0.1, 0.15) is 0 Å². The molecule has 29 heavy (non-hydrogen) atoms. The van der Waals surface area contributed by atoms with Crippen LogP contribution in [0, 0.1) is 0 Å². The minimum absolute atomic E-state index is 0.109.